The topological polar surface area (TPSA) is 68.8 Å². The number of nitrogens with one attached hydrogen (secondary N) is 1. The highest BCUT2D eigenvalue weighted by atomic mass is 16.2. The molecule has 0 spiro atoms. The fraction of sp³-hybridized carbons (Fsp3) is 0.160. The maximum absolute atomic E-state index is 13.3. The molecule has 6 rings (SSSR count). The molecule has 0 unspecified atom stereocenters. The zero-order valence-corrected chi connectivity index (χ0v) is 16.8. The third-order valence-electron chi connectivity index (χ3n) is 6.31. The molecule has 3 heterocycles. The molecule has 3 aromatic carbocycles. The minimum Gasteiger partial charge on any atom is -0.357 e. The molecular formula is C25H20N4O2. The zero-order chi connectivity index (χ0) is 20.9. The lowest BCUT2D eigenvalue weighted by Gasteiger charge is -2.40. The molecule has 2 amide bonds. The van der Waals surface area contributed by atoms with Crippen molar-refractivity contribution in [3.8, 4) is 0 Å². The van der Waals surface area contributed by atoms with Crippen LogP contribution in [-0.4, -0.2) is 45.5 Å². The zero-order valence-electron chi connectivity index (χ0n) is 16.8. The van der Waals surface area contributed by atoms with Crippen LogP contribution in [0.1, 0.15) is 16.8 Å². The number of aromatic amines is 1. The lowest BCUT2D eigenvalue weighted by Crippen LogP contribution is -2.60. The molecule has 1 fully saturated rings. The Hall–Kier alpha value is -3.93. The predicted molar refractivity (Wildman–Crippen MR) is 120 cm³/mol. The number of amides is 2. The molecular weight excluding hydrogens is 388 g/mol. The van der Waals surface area contributed by atoms with Crippen molar-refractivity contribution in [2.45, 2.75) is 19.0 Å². The van der Waals surface area contributed by atoms with Crippen LogP contribution in [0.4, 0.5) is 0 Å². The van der Waals surface area contributed by atoms with Gasteiger partial charge in [-0.25, -0.2) is 5.01 Å². The van der Waals surface area contributed by atoms with E-state index in [0.29, 0.717) is 13.0 Å². The van der Waals surface area contributed by atoms with E-state index < -0.39 is 6.04 Å². The quantitative estimate of drug-likeness (QED) is 0.516. The average Bonchev–Trinajstić information content (AvgIpc) is 3.17. The van der Waals surface area contributed by atoms with Gasteiger partial charge in [0.1, 0.15) is 12.6 Å². The number of hydrazone groups is 1. The Morgan fingerprint density at radius 2 is 1.68 bits per heavy atom. The minimum atomic E-state index is -0.516. The number of hydrogen-bond acceptors (Lipinski definition) is 3. The lowest BCUT2D eigenvalue weighted by molar-refractivity contribution is -0.157. The van der Waals surface area contributed by atoms with Crippen molar-refractivity contribution in [3.63, 3.8) is 0 Å². The molecule has 31 heavy (non-hydrogen) atoms. The smallest absolute Gasteiger partial charge is 0.266 e. The van der Waals surface area contributed by atoms with Crippen molar-refractivity contribution in [1.29, 1.82) is 0 Å². The molecule has 1 saturated heterocycles. The number of nitrogens with zero attached hydrogens (tertiary/aromatic N) is 3. The third-order valence-corrected chi connectivity index (χ3v) is 6.31. The molecule has 6 nitrogen and oxygen atoms in total. The molecule has 152 valence electrons. The first-order chi connectivity index (χ1) is 15.2. The second-order valence-electron chi connectivity index (χ2n) is 8.08. The van der Waals surface area contributed by atoms with Crippen LogP contribution in [0.5, 0.6) is 0 Å². The average molecular weight is 408 g/mol. The standard InChI is InChI=1S/C25H20N4O2/c30-24-15-29(26-13-17-8-5-7-16-6-1-2-9-18(16)17)25(31)23-12-20-19-10-3-4-11-21(19)27-22(20)14-28(23)24/h1-11,13,23,27H,12,14-15H2/t23-/m0/s1. The van der Waals surface area contributed by atoms with Crippen molar-refractivity contribution < 1.29 is 9.59 Å². The molecule has 2 aliphatic rings. The van der Waals surface area contributed by atoms with Crippen LogP contribution in [-0.2, 0) is 22.6 Å². The van der Waals surface area contributed by atoms with E-state index in [-0.39, 0.29) is 18.4 Å². The van der Waals surface area contributed by atoms with Crippen molar-refractivity contribution in [2.75, 3.05) is 6.54 Å². The Balaban J connectivity index is 1.32. The van der Waals surface area contributed by atoms with E-state index >= 15 is 0 Å². The van der Waals surface area contributed by atoms with Gasteiger partial charge in [-0.1, -0.05) is 60.7 Å². The first kappa shape index (κ1) is 17.9. The fourth-order valence-corrected chi connectivity index (χ4v) is 4.75. The summed E-state index contributed by atoms with van der Waals surface area (Å²) in [5.41, 5.74) is 4.10. The molecule has 6 heteroatoms. The van der Waals surface area contributed by atoms with Crippen LogP contribution in [0.25, 0.3) is 21.7 Å². The molecule has 0 radical (unpaired) electrons. The Morgan fingerprint density at radius 3 is 2.58 bits per heavy atom. The summed E-state index contributed by atoms with van der Waals surface area (Å²) in [7, 11) is 0. The van der Waals surface area contributed by atoms with Gasteiger partial charge in [-0.3, -0.25) is 9.59 Å². The SMILES string of the molecule is O=C1[C@@H]2Cc3c([nH]c4ccccc34)CN2C(=O)CN1N=Cc1cccc2ccccc12. The summed E-state index contributed by atoms with van der Waals surface area (Å²) in [4.78, 5) is 31.2. The lowest BCUT2D eigenvalue weighted by atomic mass is 9.94. The highest BCUT2D eigenvalue weighted by Gasteiger charge is 2.43. The summed E-state index contributed by atoms with van der Waals surface area (Å²) in [6.07, 6.45) is 2.19. The van der Waals surface area contributed by atoms with Gasteiger partial charge in [0.25, 0.3) is 5.91 Å². The first-order valence-corrected chi connectivity index (χ1v) is 10.4. The largest absolute Gasteiger partial charge is 0.357 e. The van der Waals surface area contributed by atoms with E-state index in [2.05, 4.69) is 16.2 Å². The van der Waals surface area contributed by atoms with Crippen molar-refractivity contribution in [1.82, 2.24) is 14.9 Å². The van der Waals surface area contributed by atoms with E-state index in [1.165, 1.54) is 5.01 Å². The second kappa shape index (κ2) is 6.80. The number of H-pyrrole nitrogens is 1. The Labute approximate surface area is 178 Å². The normalized spacial score (nSPS) is 18.8. The van der Waals surface area contributed by atoms with Gasteiger partial charge in [-0.05, 0) is 22.4 Å². The maximum atomic E-state index is 13.3. The van der Waals surface area contributed by atoms with Gasteiger partial charge < -0.3 is 9.88 Å². The summed E-state index contributed by atoms with van der Waals surface area (Å²) in [6.45, 7) is 0.395. The highest BCUT2D eigenvalue weighted by molar-refractivity contribution is 6.01. The van der Waals surface area contributed by atoms with Gasteiger partial charge in [0, 0.05) is 28.6 Å². The molecule has 2 aliphatic heterocycles. The molecule has 4 aromatic rings. The van der Waals surface area contributed by atoms with Crippen molar-refractivity contribution in [3.05, 3.63) is 83.6 Å². The number of rotatable bonds is 2. The number of carbonyl (C=O) groups excluding carboxylic acids is 2. The summed E-state index contributed by atoms with van der Waals surface area (Å²) in [6, 6.07) is 21.6. The number of para-hydroxylation sites is 1. The number of piperazine rings is 1. The number of fused-ring (bicyclic) bond motifs is 5. The van der Waals surface area contributed by atoms with Gasteiger partial charge >= 0.3 is 0 Å². The summed E-state index contributed by atoms with van der Waals surface area (Å²) < 4.78 is 0. The Kier molecular flexibility index (Phi) is 3.93. The fourth-order valence-electron chi connectivity index (χ4n) is 4.75. The second-order valence-corrected chi connectivity index (χ2v) is 8.08. The number of aromatic nitrogens is 1. The van der Waals surface area contributed by atoms with Crippen LogP contribution >= 0.6 is 0 Å². The number of carbonyl (C=O) groups is 2. The van der Waals surface area contributed by atoms with Gasteiger partial charge in [-0.2, -0.15) is 5.10 Å². The summed E-state index contributed by atoms with van der Waals surface area (Å²) in [5, 5.41) is 9.05. The monoisotopic (exact) mass is 408 g/mol. The number of hydrogen-bond donors (Lipinski definition) is 1. The van der Waals surface area contributed by atoms with Crippen LogP contribution < -0.4 is 0 Å². The third kappa shape index (κ3) is 2.83. The highest BCUT2D eigenvalue weighted by Crippen LogP contribution is 2.32. The molecule has 1 aromatic heterocycles. The Morgan fingerprint density at radius 1 is 0.903 bits per heavy atom. The molecule has 0 saturated carbocycles. The number of benzene rings is 3. The molecule has 1 N–H and O–H groups in total. The molecule has 0 aliphatic carbocycles. The van der Waals surface area contributed by atoms with Crippen LogP contribution in [0.2, 0.25) is 0 Å². The van der Waals surface area contributed by atoms with E-state index in [4.69, 9.17) is 0 Å². The first-order valence-electron chi connectivity index (χ1n) is 10.4. The van der Waals surface area contributed by atoms with Gasteiger partial charge in [0.2, 0.25) is 5.91 Å². The van der Waals surface area contributed by atoms with Crippen molar-refractivity contribution >= 4 is 39.7 Å². The van der Waals surface area contributed by atoms with E-state index in [1.807, 2.05) is 60.7 Å². The van der Waals surface area contributed by atoms with Crippen molar-refractivity contribution in [2.24, 2.45) is 5.10 Å². The van der Waals surface area contributed by atoms with Gasteiger partial charge in [0.15, 0.2) is 0 Å². The van der Waals surface area contributed by atoms with E-state index in [1.54, 1.807) is 11.1 Å². The van der Waals surface area contributed by atoms with E-state index in [0.717, 1.165) is 38.5 Å². The summed E-state index contributed by atoms with van der Waals surface area (Å²) >= 11 is 0. The van der Waals surface area contributed by atoms with Gasteiger partial charge in [-0.15, -0.1) is 0 Å². The Bertz CT molecular complexity index is 1380. The maximum Gasteiger partial charge on any atom is 0.266 e. The van der Waals surface area contributed by atoms with Crippen LogP contribution in [0.3, 0.4) is 0 Å². The van der Waals surface area contributed by atoms with Crippen LogP contribution in [0, 0.1) is 0 Å². The summed E-state index contributed by atoms with van der Waals surface area (Å²) in [5.74, 6) is -0.212. The minimum absolute atomic E-state index is 0.0356. The molecule has 0 bridgehead atoms. The van der Waals surface area contributed by atoms with E-state index in [9.17, 15) is 9.59 Å². The predicted octanol–water partition coefficient (Wildman–Crippen LogP) is 3.45. The van der Waals surface area contributed by atoms with Gasteiger partial charge in [0.05, 0.1) is 12.8 Å². The van der Waals surface area contributed by atoms with Crippen LogP contribution in [0.15, 0.2) is 71.8 Å². The molecule has 1 atom stereocenters.